The summed E-state index contributed by atoms with van der Waals surface area (Å²) >= 11 is 6.03. The molecule has 2 aromatic rings. The van der Waals surface area contributed by atoms with Crippen molar-refractivity contribution >= 4 is 29.5 Å². The third kappa shape index (κ3) is 4.90. The van der Waals surface area contributed by atoms with Crippen LogP contribution in [0.25, 0.3) is 11.3 Å². The lowest BCUT2D eigenvalue weighted by molar-refractivity contribution is -0.135. The Morgan fingerprint density at radius 1 is 1.41 bits per heavy atom. The fourth-order valence-electron chi connectivity index (χ4n) is 2.94. The van der Waals surface area contributed by atoms with Gasteiger partial charge in [0.15, 0.2) is 0 Å². The first-order valence-corrected chi connectivity index (χ1v) is 9.48. The van der Waals surface area contributed by atoms with Crippen molar-refractivity contribution in [3.8, 4) is 11.3 Å². The third-order valence-corrected chi connectivity index (χ3v) is 4.83. The molecule has 0 atom stereocenters. The number of rotatable bonds is 7. The predicted octanol–water partition coefficient (Wildman–Crippen LogP) is 5.49. The number of carbonyl (C=O) groups excluding carboxylic acids is 1. The van der Waals surface area contributed by atoms with E-state index in [1.807, 2.05) is 0 Å². The van der Waals surface area contributed by atoms with Gasteiger partial charge in [-0.1, -0.05) is 18.2 Å². The number of aromatic nitrogens is 1. The Bertz CT molecular complexity index is 1010. The summed E-state index contributed by atoms with van der Waals surface area (Å²) in [6.07, 6.45) is 6.59. The Morgan fingerprint density at radius 3 is 2.83 bits per heavy atom. The number of allylic oxidation sites excluding steroid dienone is 1. The summed E-state index contributed by atoms with van der Waals surface area (Å²) in [4.78, 5) is 20.5. The molecule has 1 saturated carbocycles. The van der Waals surface area contributed by atoms with Crippen LogP contribution in [0.2, 0.25) is 5.02 Å². The molecule has 1 fully saturated rings. The van der Waals surface area contributed by atoms with Crippen molar-refractivity contribution in [1.82, 2.24) is 4.98 Å². The van der Waals surface area contributed by atoms with Crippen LogP contribution in [0, 0.1) is 5.82 Å². The van der Waals surface area contributed by atoms with Crippen LogP contribution in [0.5, 0.6) is 0 Å². The molecule has 0 spiro atoms. The molecule has 0 radical (unpaired) electrons. The maximum Gasteiger partial charge on any atom is 0.341 e. The summed E-state index contributed by atoms with van der Waals surface area (Å²) in [5.41, 5.74) is 3.34. The summed E-state index contributed by atoms with van der Waals surface area (Å²) in [6, 6.07) is 6.12. The van der Waals surface area contributed by atoms with E-state index in [4.69, 9.17) is 16.3 Å². The number of anilines is 1. The summed E-state index contributed by atoms with van der Waals surface area (Å²) in [5.74, 6) is -0.545. The topological polar surface area (TPSA) is 63.6 Å². The number of methoxy groups -OCH3 is 1. The maximum atomic E-state index is 14.3. The largest absolute Gasteiger partial charge is 0.465 e. The molecule has 1 N–H and O–H groups in total. The number of hydrogen-bond donors (Lipinski definition) is 1. The fraction of sp³-hybridized carbons (Fsp3) is 0.227. The van der Waals surface area contributed by atoms with E-state index < -0.39 is 11.8 Å². The lowest BCUT2D eigenvalue weighted by Crippen LogP contribution is -2.13. The molecule has 0 amide bonds. The zero-order valence-electron chi connectivity index (χ0n) is 16.2. The minimum atomic E-state index is -0.524. The van der Waals surface area contributed by atoms with Crippen LogP contribution in [0.15, 0.2) is 59.5 Å². The van der Waals surface area contributed by atoms with Crippen LogP contribution in [-0.4, -0.2) is 24.3 Å². The van der Waals surface area contributed by atoms with Crippen molar-refractivity contribution in [1.29, 1.82) is 0 Å². The molecule has 1 aromatic heterocycles. The zero-order valence-corrected chi connectivity index (χ0v) is 17.0. The summed E-state index contributed by atoms with van der Waals surface area (Å²) < 4.78 is 19.2. The molecule has 1 aliphatic carbocycles. The molecule has 0 aliphatic heterocycles. The van der Waals surface area contributed by atoms with Crippen LogP contribution in [0.3, 0.4) is 0 Å². The second-order valence-electron chi connectivity index (χ2n) is 6.67. The van der Waals surface area contributed by atoms with E-state index in [0.29, 0.717) is 27.9 Å². The molecular weight excluding hydrogens is 393 g/mol. The van der Waals surface area contributed by atoms with Crippen molar-refractivity contribution < 1.29 is 13.9 Å². The molecule has 5 nitrogen and oxygen atoms in total. The van der Waals surface area contributed by atoms with E-state index >= 15 is 0 Å². The van der Waals surface area contributed by atoms with Crippen molar-refractivity contribution in [2.75, 3.05) is 12.4 Å². The van der Waals surface area contributed by atoms with E-state index in [2.05, 4.69) is 21.9 Å². The molecule has 29 heavy (non-hydrogen) atoms. The standard InChI is InChI=1S/C22H21ClFN3O2/c1-4-25-11-17(22(28)29-3)13(2)27-21-10-20(26-12-18(21)14-5-6-14)16-9-15(23)7-8-19(16)24/h4,7-12,14H,1,5-6H2,2-3H3,(H,26,27)/b17-13-,25-11-. The van der Waals surface area contributed by atoms with Gasteiger partial charge in [-0.25, -0.2) is 9.18 Å². The molecule has 150 valence electrons. The molecule has 1 aromatic carbocycles. The first-order chi connectivity index (χ1) is 13.9. The second kappa shape index (κ2) is 9.01. The molecule has 7 heteroatoms. The van der Waals surface area contributed by atoms with Gasteiger partial charge in [0, 0.05) is 40.6 Å². The van der Waals surface area contributed by atoms with Gasteiger partial charge >= 0.3 is 5.97 Å². The number of aliphatic imine (C=N–C) groups is 1. The van der Waals surface area contributed by atoms with Gasteiger partial charge in [0.2, 0.25) is 0 Å². The number of nitrogens with zero attached hydrogens (tertiary/aromatic N) is 2. The Labute approximate surface area is 174 Å². The van der Waals surface area contributed by atoms with E-state index in [1.54, 1.807) is 25.3 Å². The summed E-state index contributed by atoms with van der Waals surface area (Å²) in [6.45, 7) is 5.27. The van der Waals surface area contributed by atoms with Crippen LogP contribution in [0.1, 0.15) is 31.2 Å². The number of pyridine rings is 1. The molecule has 1 heterocycles. The number of benzene rings is 1. The van der Waals surface area contributed by atoms with Crippen molar-refractivity contribution in [3.63, 3.8) is 0 Å². The quantitative estimate of drug-likeness (QED) is 0.370. The highest BCUT2D eigenvalue weighted by Gasteiger charge is 2.27. The van der Waals surface area contributed by atoms with Crippen molar-refractivity contribution in [2.24, 2.45) is 4.99 Å². The highest BCUT2D eigenvalue weighted by atomic mass is 35.5. The van der Waals surface area contributed by atoms with Crippen LogP contribution < -0.4 is 5.32 Å². The van der Waals surface area contributed by atoms with Crippen molar-refractivity contribution in [3.05, 3.63) is 70.9 Å². The van der Waals surface area contributed by atoms with Crippen LogP contribution in [0.4, 0.5) is 10.1 Å². The first kappa shape index (κ1) is 20.7. The number of halogens is 2. The lowest BCUT2D eigenvalue weighted by atomic mass is 10.1. The molecule has 1 aliphatic rings. The maximum absolute atomic E-state index is 14.3. The average molecular weight is 414 g/mol. The second-order valence-corrected chi connectivity index (χ2v) is 7.11. The third-order valence-electron chi connectivity index (χ3n) is 4.60. The highest BCUT2D eigenvalue weighted by Crippen LogP contribution is 2.44. The average Bonchev–Trinajstić information content (AvgIpc) is 3.55. The van der Waals surface area contributed by atoms with Gasteiger partial charge in [-0.15, -0.1) is 0 Å². The molecule has 0 bridgehead atoms. The van der Waals surface area contributed by atoms with Crippen LogP contribution in [-0.2, 0) is 9.53 Å². The number of ether oxygens (including phenoxy) is 1. The summed E-state index contributed by atoms with van der Waals surface area (Å²) in [5, 5.41) is 3.68. The number of nitrogens with one attached hydrogen (secondary N) is 1. The van der Waals surface area contributed by atoms with Gasteiger partial charge in [0.05, 0.1) is 18.4 Å². The van der Waals surface area contributed by atoms with Crippen LogP contribution >= 0.6 is 11.6 Å². The van der Waals surface area contributed by atoms with E-state index in [0.717, 1.165) is 24.1 Å². The Balaban J connectivity index is 2.06. The first-order valence-electron chi connectivity index (χ1n) is 9.10. The molecular formula is C22H21ClFN3O2. The number of carbonyl (C=O) groups is 1. The zero-order chi connectivity index (χ0) is 21.0. The lowest BCUT2D eigenvalue weighted by Gasteiger charge is -2.15. The van der Waals surface area contributed by atoms with Gasteiger partial charge in [-0.05, 0) is 55.5 Å². The SMILES string of the molecule is C=C/N=C\C(C(=O)OC)=C(/C)Nc1cc(-c2cc(Cl)ccc2F)ncc1C1CC1. The van der Waals surface area contributed by atoms with E-state index in [-0.39, 0.29) is 5.57 Å². The number of esters is 1. The normalized spacial score (nSPS) is 14.5. The van der Waals surface area contributed by atoms with E-state index in [9.17, 15) is 9.18 Å². The number of hydrogen-bond acceptors (Lipinski definition) is 5. The van der Waals surface area contributed by atoms with Gasteiger partial charge in [0.1, 0.15) is 5.82 Å². The van der Waals surface area contributed by atoms with Gasteiger partial charge in [0.25, 0.3) is 0 Å². The van der Waals surface area contributed by atoms with Gasteiger partial charge in [-0.3, -0.25) is 9.98 Å². The minimum absolute atomic E-state index is 0.265. The minimum Gasteiger partial charge on any atom is -0.465 e. The molecule has 0 saturated heterocycles. The fourth-order valence-corrected chi connectivity index (χ4v) is 3.12. The Morgan fingerprint density at radius 2 is 2.17 bits per heavy atom. The van der Waals surface area contributed by atoms with E-state index in [1.165, 1.54) is 31.7 Å². The molecule has 3 rings (SSSR count). The highest BCUT2D eigenvalue weighted by molar-refractivity contribution is 6.30. The molecule has 0 unspecified atom stereocenters. The Kier molecular flexibility index (Phi) is 6.44. The smallest absolute Gasteiger partial charge is 0.341 e. The summed E-state index contributed by atoms with van der Waals surface area (Å²) in [7, 11) is 1.31. The monoisotopic (exact) mass is 413 g/mol. The van der Waals surface area contributed by atoms with Crippen molar-refractivity contribution in [2.45, 2.75) is 25.7 Å². The predicted molar refractivity (Wildman–Crippen MR) is 114 cm³/mol. The van der Waals surface area contributed by atoms with Gasteiger partial charge < -0.3 is 10.1 Å². The Hall–Kier alpha value is -2.99. The van der Waals surface area contributed by atoms with Gasteiger partial charge in [-0.2, -0.15) is 0 Å².